The summed E-state index contributed by atoms with van der Waals surface area (Å²) in [5.41, 5.74) is 0. The van der Waals surface area contributed by atoms with Crippen molar-refractivity contribution in [3.05, 3.63) is 0 Å². The van der Waals surface area contributed by atoms with E-state index in [1.807, 2.05) is 0 Å². The Balaban J connectivity index is 1.19. The normalized spacial score (nSPS) is 41.5. The molecule has 33 heavy (non-hydrogen) atoms. The molecular weight excluding hydrogens is 456 g/mol. The van der Waals surface area contributed by atoms with Crippen molar-refractivity contribution in [2.45, 2.75) is 138 Å². The second kappa shape index (κ2) is 10.9. The Morgan fingerprint density at radius 3 is 1.30 bits per heavy atom. The Kier molecular flexibility index (Phi) is 8.54. The van der Waals surface area contributed by atoms with Gasteiger partial charge in [-0.05, 0) is 108 Å². The molecule has 4 aliphatic rings. The molecule has 0 saturated heterocycles. The van der Waals surface area contributed by atoms with E-state index >= 15 is 0 Å². The second-order valence-corrected chi connectivity index (χ2v) is 16.7. The quantitative estimate of drug-likeness (QED) is 0.481. The molecule has 0 N–H and O–H groups in total. The van der Waals surface area contributed by atoms with Gasteiger partial charge < -0.3 is 4.74 Å². The fraction of sp³-hybridized carbons (Fsp3) is 1.00. The molecule has 5 nitrogen and oxygen atoms in total. The topological polar surface area (TPSA) is 77.5 Å². The van der Waals surface area contributed by atoms with Gasteiger partial charge in [0.1, 0.15) is 9.84 Å². The van der Waals surface area contributed by atoms with Crippen LogP contribution < -0.4 is 0 Å². The Hall–Kier alpha value is -0.140. The summed E-state index contributed by atoms with van der Waals surface area (Å²) in [6.07, 6.45) is 17.1. The van der Waals surface area contributed by atoms with E-state index in [9.17, 15) is 16.8 Å². The number of rotatable bonds is 6. The molecule has 0 amide bonds. The molecule has 7 heteroatoms. The van der Waals surface area contributed by atoms with Crippen LogP contribution in [0, 0.1) is 17.8 Å². The fourth-order valence-corrected chi connectivity index (χ4v) is 10.8. The minimum absolute atomic E-state index is 0.120. The average molecular weight is 503 g/mol. The van der Waals surface area contributed by atoms with Gasteiger partial charge in [0.2, 0.25) is 0 Å². The van der Waals surface area contributed by atoms with Crippen LogP contribution in [0.5, 0.6) is 0 Å². The minimum Gasteiger partial charge on any atom is -0.375 e. The first-order chi connectivity index (χ1) is 15.6. The molecule has 0 heterocycles. The van der Waals surface area contributed by atoms with Gasteiger partial charge >= 0.3 is 0 Å². The lowest BCUT2D eigenvalue weighted by molar-refractivity contribution is -0.0442. The molecule has 4 fully saturated rings. The molecular formula is C26H46O5S2. The van der Waals surface area contributed by atoms with Crippen molar-refractivity contribution in [1.82, 2.24) is 0 Å². The average Bonchev–Trinajstić information content (AvgIpc) is 2.80. The molecule has 0 aromatic heterocycles. The summed E-state index contributed by atoms with van der Waals surface area (Å²) < 4.78 is 56.6. The van der Waals surface area contributed by atoms with Crippen LogP contribution in [0.25, 0.3) is 0 Å². The molecule has 0 atom stereocenters. The van der Waals surface area contributed by atoms with Crippen LogP contribution in [-0.2, 0) is 24.4 Å². The Labute approximate surface area is 202 Å². The van der Waals surface area contributed by atoms with Crippen LogP contribution >= 0.6 is 0 Å². The maximum atomic E-state index is 13.4. The van der Waals surface area contributed by atoms with E-state index in [-0.39, 0.29) is 28.0 Å². The summed E-state index contributed by atoms with van der Waals surface area (Å²) in [5, 5.41) is -0.518. The number of hydrogen-bond acceptors (Lipinski definition) is 5. The highest BCUT2D eigenvalue weighted by atomic mass is 32.2. The number of sulfone groups is 2. The van der Waals surface area contributed by atoms with Gasteiger partial charge in [0, 0.05) is 6.26 Å². The van der Waals surface area contributed by atoms with Gasteiger partial charge in [-0.25, -0.2) is 16.8 Å². The van der Waals surface area contributed by atoms with Crippen molar-refractivity contribution in [2.75, 3.05) is 6.26 Å². The Morgan fingerprint density at radius 2 is 0.879 bits per heavy atom. The zero-order valence-electron chi connectivity index (χ0n) is 20.8. The van der Waals surface area contributed by atoms with E-state index in [1.165, 1.54) is 31.9 Å². The predicted molar refractivity (Wildman–Crippen MR) is 134 cm³/mol. The highest BCUT2D eigenvalue weighted by Crippen LogP contribution is 2.42. The van der Waals surface area contributed by atoms with E-state index in [1.54, 1.807) is 0 Å². The second-order valence-electron chi connectivity index (χ2n) is 11.9. The fourth-order valence-electron chi connectivity index (χ4n) is 7.28. The Bertz CT molecular complexity index is 820. The monoisotopic (exact) mass is 502 g/mol. The van der Waals surface area contributed by atoms with Crippen molar-refractivity contribution in [1.29, 1.82) is 0 Å². The molecule has 0 bridgehead atoms. The van der Waals surface area contributed by atoms with Gasteiger partial charge in [0.05, 0.1) is 28.0 Å². The summed E-state index contributed by atoms with van der Waals surface area (Å²) >= 11 is 0. The van der Waals surface area contributed by atoms with Gasteiger partial charge in [-0.1, -0.05) is 19.8 Å². The number of ether oxygens (including phenoxy) is 1. The van der Waals surface area contributed by atoms with Gasteiger partial charge in [-0.15, -0.1) is 0 Å². The maximum absolute atomic E-state index is 13.4. The zero-order chi connectivity index (χ0) is 23.6. The van der Waals surface area contributed by atoms with E-state index in [4.69, 9.17) is 4.74 Å². The first-order valence-electron chi connectivity index (χ1n) is 13.7. The van der Waals surface area contributed by atoms with Crippen molar-refractivity contribution >= 4 is 19.7 Å². The van der Waals surface area contributed by atoms with Crippen LogP contribution in [0.3, 0.4) is 0 Å². The highest BCUT2D eigenvalue weighted by molar-refractivity contribution is 7.92. The SMILES string of the molecule is CC1CCC(C2CCC(S(=O)(=O)C3CCC(OC4CCC(S(C)(=O)=O)CC4)CC3)CC2)CC1. The van der Waals surface area contributed by atoms with Crippen LogP contribution in [0.4, 0.5) is 0 Å². The van der Waals surface area contributed by atoms with E-state index in [0.717, 1.165) is 82.0 Å². The summed E-state index contributed by atoms with van der Waals surface area (Å²) in [6.45, 7) is 2.36. The van der Waals surface area contributed by atoms with Crippen LogP contribution in [0.1, 0.15) is 110 Å². The lowest BCUT2D eigenvalue weighted by atomic mass is 9.71. The van der Waals surface area contributed by atoms with Crippen LogP contribution in [-0.4, -0.2) is 51.0 Å². The van der Waals surface area contributed by atoms with E-state index < -0.39 is 19.7 Å². The predicted octanol–water partition coefficient (Wildman–Crippen LogP) is 5.47. The number of hydrogen-bond donors (Lipinski definition) is 0. The summed E-state index contributed by atoms with van der Waals surface area (Å²) in [5.74, 6) is 2.47. The summed E-state index contributed by atoms with van der Waals surface area (Å²) in [4.78, 5) is 0. The third-order valence-corrected chi connectivity index (χ3v) is 14.1. The van der Waals surface area contributed by atoms with Crippen LogP contribution in [0.2, 0.25) is 0 Å². The molecule has 0 aliphatic heterocycles. The highest BCUT2D eigenvalue weighted by Gasteiger charge is 2.40. The molecule has 4 rings (SSSR count). The molecule has 192 valence electrons. The first-order valence-corrected chi connectivity index (χ1v) is 17.3. The third kappa shape index (κ3) is 6.55. The van der Waals surface area contributed by atoms with E-state index in [2.05, 4.69) is 6.92 Å². The maximum Gasteiger partial charge on any atom is 0.156 e. The molecule has 0 aromatic carbocycles. The molecule has 0 unspecified atom stereocenters. The van der Waals surface area contributed by atoms with Crippen molar-refractivity contribution in [2.24, 2.45) is 17.8 Å². The zero-order valence-corrected chi connectivity index (χ0v) is 22.4. The standard InChI is InChI=1S/C26H46O5S2/c1-19-3-5-20(6-4-19)21-7-13-25(14-8-21)33(29,30)26-17-11-23(12-18-26)31-22-9-15-24(16-10-22)32(2,27)28/h19-26H,3-18H2,1-2H3. The van der Waals surface area contributed by atoms with Crippen LogP contribution in [0.15, 0.2) is 0 Å². The lowest BCUT2D eigenvalue weighted by Gasteiger charge is -2.39. The summed E-state index contributed by atoms with van der Waals surface area (Å²) in [6, 6.07) is 0. The van der Waals surface area contributed by atoms with Crippen molar-refractivity contribution in [3.63, 3.8) is 0 Å². The van der Waals surface area contributed by atoms with Crippen molar-refractivity contribution < 1.29 is 21.6 Å². The molecule has 0 aromatic rings. The van der Waals surface area contributed by atoms with Gasteiger partial charge in [0.15, 0.2) is 9.84 Å². The van der Waals surface area contributed by atoms with E-state index in [0.29, 0.717) is 12.8 Å². The largest absolute Gasteiger partial charge is 0.375 e. The van der Waals surface area contributed by atoms with Gasteiger partial charge in [0.25, 0.3) is 0 Å². The molecule has 0 spiro atoms. The van der Waals surface area contributed by atoms with Gasteiger partial charge in [-0.3, -0.25) is 0 Å². The Morgan fingerprint density at radius 1 is 0.515 bits per heavy atom. The molecule has 4 aliphatic carbocycles. The first kappa shape index (κ1) is 25.9. The van der Waals surface area contributed by atoms with Gasteiger partial charge in [-0.2, -0.15) is 0 Å². The molecule has 0 radical (unpaired) electrons. The molecule has 4 saturated carbocycles. The lowest BCUT2D eigenvalue weighted by Crippen LogP contribution is -2.40. The minimum atomic E-state index is -3.05. The van der Waals surface area contributed by atoms with Crippen molar-refractivity contribution in [3.8, 4) is 0 Å². The third-order valence-electron chi connectivity index (χ3n) is 9.61. The summed E-state index contributed by atoms with van der Waals surface area (Å²) in [7, 11) is -6.00. The smallest absolute Gasteiger partial charge is 0.156 e.